The van der Waals surface area contributed by atoms with Crippen LogP contribution in [0.4, 0.5) is 4.79 Å². The Morgan fingerprint density at radius 3 is 2.67 bits per heavy atom. The molecule has 1 aromatic heterocycles. The SMILES string of the molecule is CC(Cn1nnc2ccccc21)(C(=O)NCCc1ccccc1)N(C(=O)O)C1CCC2CCCC1C2. The fourth-order valence-corrected chi connectivity index (χ4v) is 6.38. The first-order valence-electron chi connectivity index (χ1n) is 13.1. The highest BCUT2D eigenvalue weighted by Gasteiger charge is 2.50. The van der Waals surface area contributed by atoms with Gasteiger partial charge >= 0.3 is 6.09 Å². The first-order valence-corrected chi connectivity index (χ1v) is 13.1. The second-order valence-electron chi connectivity index (χ2n) is 10.6. The van der Waals surface area contributed by atoms with E-state index in [0.29, 0.717) is 18.9 Å². The van der Waals surface area contributed by atoms with E-state index < -0.39 is 11.6 Å². The number of hydrogen-bond acceptors (Lipinski definition) is 4. The van der Waals surface area contributed by atoms with Gasteiger partial charge in [-0.15, -0.1) is 5.10 Å². The van der Waals surface area contributed by atoms with Gasteiger partial charge in [-0.3, -0.25) is 9.69 Å². The molecule has 4 unspecified atom stereocenters. The molecule has 2 fully saturated rings. The highest BCUT2D eigenvalue weighted by atomic mass is 16.4. The monoisotopic (exact) mass is 489 g/mol. The topological polar surface area (TPSA) is 100 Å². The Morgan fingerprint density at radius 2 is 1.86 bits per heavy atom. The van der Waals surface area contributed by atoms with Gasteiger partial charge in [0.15, 0.2) is 0 Å². The smallest absolute Gasteiger partial charge is 0.408 e. The average molecular weight is 490 g/mol. The van der Waals surface area contributed by atoms with Crippen LogP contribution in [0.1, 0.15) is 51.0 Å². The number of benzene rings is 2. The van der Waals surface area contributed by atoms with Gasteiger partial charge in [0.25, 0.3) is 0 Å². The highest BCUT2D eigenvalue weighted by Crippen LogP contribution is 2.43. The average Bonchev–Trinajstić information content (AvgIpc) is 3.29. The van der Waals surface area contributed by atoms with Crippen molar-refractivity contribution in [2.75, 3.05) is 6.54 Å². The molecule has 2 amide bonds. The molecule has 2 aliphatic rings. The van der Waals surface area contributed by atoms with E-state index in [1.165, 1.54) is 11.3 Å². The summed E-state index contributed by atoms with van der Waals surface area (Å²) in [5.74, 6) is 0.678. The van der Waals surface area contributed by atoms with Crippen LogP contribution in [-0.4, -0.2) is 55.1 Å². The van der Waals surface area contributed by atoms with Crippen molar-refractivity contribution < 1.29 is 14.7 Å². The van der Waals surface area contributed by atoms with E-state index in [2.05, 4.69) is 15.6 Å². The van der Waals surface area contributed by atoms with E-state index in [0.717, 1.165) is 48.7 Å². The molecule has 0 aliphatic heterocycles. The number of aromatic nitrogens is 3. The number of para-hydroxylation sites is 1. The zero-order valence-electron chi connectivity index (χ0n) is 20.8. The van der Waals surface area contributed by atoms with Gasteiger partial charge in [-0.25, -0.2) is 9.48 Å². The largest absolute Gasteiger partial charge is 0.465 e. The second-order valence-corrected chi connectivity index (χ2v) is 10.6. The molecule has 2 aromatic carbocycles. The summed E-state index contributed by atoms with van der Waals surface area (Å²) in [4.78, 5) is 28.3. The maximum Gasteiger partial charge on any atom is 0.408 e. The lowest BCUT2D eigenvalue weighted by molar-refractivity contribution is -0.136. The van der Waals surface area contributed by atoms with Gasteiger partial charge in [0.2, 0.25) is 5.91 Å². The lowest BCUT2D eigenvalue weighted by Gasteiger charge is -2.49. The van der Waals surface area contributed by atoms with Crippen LogP contribution in [0.5, 0.6) is 0 Å². The van der Waals surface area contributed by atoms with Crippen LogP contribution in [0.25, 0.3) is 11.0 Å². The number of carbonyl (C=O) groups excluding carboxylic acids is 1. The van der Waals surface area contributed by atoms with E-state index in [4.69, 9.17) is 0 Å². The summed E-state index contributed by atoms with van der Waals surface area (Å²) < 4.78 is 1.68. The van der Waals surface area contributed by atoms with Crippen molar-refractivity contribution in [2.24, 2.45) is 11.8 Å². The Kier molecular flexibility index (Phi) is 6.94. The van der Waals surface area contributed by atoms with Crippen molar-refractivity contribution >= 4 is 23.0 Å². The molecule has 2 bridgehead atoms. The number of nitrogens with zero attached hydrogens (tertiary/aromatic N) is 4. The van der Waals surface area contributed by atoms with Gasteiger partial charge in [0, 0.05) is 12.6 Å². The molecular weight excluding hydrogens is 454 g/mol. The maximum atomic E-state index is 13.9. The summed E-state index contributed by atoms with van der Waals surface area (Å²) >= 11 is 0. The molecule has 0 saturated heterocycles. The number of nitrogens with one attached hydrogen (secondary N) is 1. The number of rotatable bonds is 8. The van der Waals surface area contributed by atoms with Crippen LogP contribution in [0.2, 0.25) is 0 Å². The molecule has 0 spiro atoms. The van der Waals surface area contributed by atoms with E-state index in [1.807, 2.05) is 54.6 Å². The van der Waals surface area contributed by atoms with Crippen molar-refractivity contribution in [3.8, 4) is 0 Å². The molecule has 190 valence electrons. The molecule has 2 aliphatic carbocycles. The van der Waals surface area contributed by atoms with Gasteiger partial charge in [0.05, 0.1) is 12.1 Å². The minimum Gasteiger partial charge on any atom is -0.465 e. The Balaban J connectivity index is 1.45. The summed E-state index contributed by atoms with van der Waals surface area (Å²) in [5.41, 5.74) is 1.29. The molecule has 2 saturated carbocycles. The highest BCUT2D eigenvalue weighted by molar-refractivity contribution is 5.89. The van der Waals surface area contributed by atoms with E-state index >= 15 is 0 Å². The van der Waals surface area contributed by atoms with Crippen molar-refractivity contribution in [3.63, 3.8) is 0 Å². The first-order chi connectivity index (χ1) is 17.5. The number of amides is 2. The van der Waals surface area contributed by atoms with Crippen molar-refractivity contribution in [2.45, 2.75) is 70.0 Å². The molecule has 8 nitrogen and oxygen atoms in total. The number of carboxylic acid groups (broad SMARTS) is 1. The van der Waals surface area contributed by atoms with Crippen LogP contribution in [0.3, 0.4) is 0 Å². The fraction of sp³-hybridized carbons (Fsp3) is 0.500. The summed E-state index contributed by atoms with van der Waals surface area (Å²) in [6.07, 6.45) is 5.88. The molecule has 4 atom stereocenters. The minimum absolute atomic E-state index is 0.101. The normalized spacial score (nSPS) is 23.1. The molecule has 2 N–H and O–H groups in total. The standard InChI is InChI=1S/C28H35N5O3/c1-28(19-32-25-13-6-5-12-23(25)30-31-32,26(34)29-17-16-20-8-3-2-4-9-20)33(27(35)36)24-15-14-21-10-7-11-22(24)18-21/h2-6,8-9,12-13,21-22,24H,7,10-11,14-19H2,1H3,(H,29,34)(H,35,36). The van der Waals surface area contributed by atoms with Gasteiger partial charge in [-0.2, -0.15) is 0 Å². The molecule has 8 heteroatoms. The lowest BCUT2D eigenvalue weighted by atomic mass is 9.68. The van der Waals surface area contributed by atoms with Gasteiger partial charge in [-0.05, 0) is 68.6 Å². The van der Waals surface area contributed by atoms with Crippen LogP contribution in [0, 0.1) is 11.8 Å². The van der Waals surface area contributed by atoms with Crippen LogP contribution >= 0.6 is 0 Å². The molecule has 0 radical (unpaired) electrons. The summed E-state index contributed by atoms with van der Waals surface area (Å²) in [6.45, 7) is 2.29. The molecule has 36 heavy (non-hydrogen) atoms. The van der Waals surface area contributed by atoms with E-state index in [-0.39, 0.29) is 24.4 Å². The second kappa shape index (κ2) is 10.3. The van der Waals surface area contributed by atoms with Crippen molar-refractivity contribution in [1.29, 1.82) is 0 Å². The fourth-order valence-electron chi connectivity index (χ4n) is 6.38. The Labute approximate surface area is 211 Å². The minimum atomic E-state index is -1.34. The lowest BCUT2D eigenvalue weighted by Crippen LogP contribution is -2.66. The first kappa shape index (κ1) is 24.3. The zero-order chi connectivity index (χ0) is 25.1. The molecular formula is C28H35N5O3. The third-order valence-corrected chi connectivity index (χ3v) is 8.22. The molecule has 1 heterocycles. The van der Waals surface area contributed by atoms with Gasteiger partial charge in [-0.1, -0.05) is 60.5 Å². The quantitative estimate of drug-likeness (QED) is 0.485. The Bertz CT molecular complexity index is 1210. The maximum absolute atomic E-state index is 13.9. The number of fused-ring (bicyclic) bond motifs is 3. The third kappa shape index (κ3) is 4.81. The third-order valence-electron chi connectivity index (χ3n) is 8.22. The Morgan fingerprint density at radius 1 is 1.08 bits per heavy atom. The Hall–Kier alpha value is -3.42. The predicted molar refractivity (Wildman–Crippen MR) is 137 cm³/mol. The van der Waals surface area contributed by atoms with Gasteiger partial charge in [0.1, 0.15) is 11.1 Å². The summed E-state index contributed by atoms with van der Waals surface area (Å²) in [6, 6.07) is 17.4. The van der Waals surface area contributed by atoms with Crippen molar-refractivity contribution in [1.82, 2.24) is 25.2 Å². The summed E-state index contributed by atoms with van der Waals surface area (Å²) in [7, 11) is 0. The predicted octanol–water partition coefficient (Wildman–Crippen LogP) is 4.50. The van der Waals surface area contributed by atoms with Gasteiger partial charge < -0.3 is 10.4 Å². The van der Waals surface area contributed by atoms with Crippen LogP contribution in [-0.2, 0) is 17.8 Å². The molecule has 5 rings (SSSR count). The van der Waals surface area contributed by atoms with E-state index in [1.54, 1.807) is 11.6 Å². The van der Waals surface area contributed by atoms with Crippen molar-refractivity contribution in [3.05, 3.63) is 60.2 Å². The number of hydrogen-bond donors (Lipinski definition) is 2. The zero-order valence-corrected chi connectivity index (χ0v) is 20.8. The molecule has 3 aromatic rings. The van der Waals surface area contributed by atoms with Crippen LogP contribution in [0.15, 0.2) is 54.6 Å². The summed E-state index contributed by atoms with van der Waals surface area (Å²) in [5, 5.41) is 22.2. The number of carbonyl (C=O) groups is 2. The van der Waals surface area contributed by atoms with E-state index in [9.17, 15) is 14.7 Å². The van der Waals surface area contributed by atoms with Crippen LogP contribution < -0.4 is 5.32 Å².